The molecule has 1 N–H and O–H groups in total. The van der Waals surface area contributed by atoms with Crippen LogP contribution in [0.25, 0.3) is 0 Å². The molecule has 0 aromatic heterocycles. The molecule has 0 saturated carbocycles. The van der Waals surface area contributed by atoms with Gasteiger partial charge in [0, 0.05) is 6.04 Å². The number of benzene rings is 1. The number of rotatable bonds is 1. The molecule has 1 aromatic carbocycles. The maximum absolute atomic E-state index is 5.56. The van der Waals surface area contributed by atoms with Gasteiger partial charge in [-0.3, -0.25) is 0 Å². The van der Waals surface area contributed by atoms with Crippen molar-refractivity contribution < 1.29 is 4.74 Å². The van der Waals surface area contributed by atoms with Crippen molar-refractivity contribution in [3.63, 3.8) is 0 Å². The highest BCUT2D eigenvalue weighted by Gasteiger charge is 2.54. The third kappa shape index (κ3) is 1.33. The molecule has 1 aliphatic carbocycles. The molecule has 0 unspecified atom stereocenters. The van der Waals surface area contributed by atoms with E-state index in [1.165, 1.54) is 17.5 Å². The Kier molecular flexibility index (Phi) is 2.50. The van der Waals surface area contributed by atoms with Gasteiger partial charge in [-0.05, 0) is 47.4 Å². The van der Waals surface area contributed by atoms with Crippen molar-refractivity contribution in [2.45, 2.75) is 45.1 Å². The van der Waals surface area contributed by atoms with Gasteiger partial charge in [0.2, 0.25) is 0 Å². The van der Waals surface area contributed by atoms with Gasteiger partial charge in [0.1, 0.15) is 5.75 Å². The Balaban J connectivity index is 2.20. The van der Waals surface area contributed by atoms with E-state index in [0.717, 1.165) is 18.7 Å². The fraction of sp³-hybridized carbons (Fsp3) is 0.625. The van der Waals surface area contributed by atoms with Crippen LogP contribution in [0.2, 0.25) is 0 Å². The first-order valence-electron chi connectivity index (χ1n) is 6.90. The number of methoxy groups -OCH3 is 1. The predicted molar refractivity (Wildman–Crippen MR) is 74.2 cm³/mol. The lowest BCUT2D eigenvalue weighted by Gasteiger charge is -2.50. The van der Waals surface area contributed by atoms with Crippen LogP contribution in [0.1, 0.15) is 38.3 Å². The highest BCUT2D eigenvalue weighted by Crippen LogP contribution is 2.54. The van der Waals surface area contributed by atoms with Gasteiger partial charge in [0.15, 0.2) is 0 Å². The SMILES string of the molecule is COc1cccc2c1C[C@H]1NCC[C@]1(C)C2(C)C. The summed E-state index contributed by atoms with van der Waals surface area (Å²) in [5, 5.41) is 3.69. The van der Waals surface area contributed by atoms with Gasteiger partial charge in [0.25, 0.3) is 0 Å². The fourth-order valence-electron chi connectivity index (χ4n) is 4.02. The molecule has 0 radical (unpaired) electrons. The Morgan fingerprint density at radius 1 is 1.28 bits per heavy atom. The predicted octanol–water partition coefficient (Wildman–Crippen LogP) is 2.90. The standard InChI is InChI=1S/C16H23NO/c1-15(2)12-6-5-7-13(18-4)11(12)10-14-16(15,3)8-9-17-14/h5-7,14,17H,8-10H2,1-4H3/t14-,16+/m1/s1. The molecule has 2 atom stereocenters. The Morgan fingerprint density at radius 3 is 2.78 bits per heavy atom. The van der Waals surface area contributed by atoms with Crippen LogP contribution in [-0.2, 0) is 11.8 Å². The molecule has 98 valence electrons. The number of nitrogens with one attached hydrogen (secondary N) is 1. The second kappa shape index (κ2) is 3.74. The average Bonchev–Trinajstić information content (AvgIpc) is 2.72. The van der Waals surface area contributed by atoms with Crippen LogP contribution in [0.5, 0.6) is 5.75 Å². The smallest absolute Gasteiger partial charge is 0.122 e. The number of hydrogen-bond donors (Lipinski definition) is 1. The third-order valence-electron chi connectivity index (χ3n) is 5.67. The minimum atomic E-state index is 0.198. The normalized spacial score (nSPS) is 32.8. The van der Waals surface area contributed by atoms with E-state index in [2.05, 4.69) is 44.3 Å². The van der Waals surface area contributed by atoms with E-state index in [-0.39, 0.29) is 5.41 Å². The molecule has 1 aromatic rings. The van der Waals surface area contributed by atoms with Gasteiger partial charge in [-0.1, -0.05) is 32.9 Å². The molecule has 0 spiro atoms. The van der Waals surface area contributed by atoms with E-state index in [1.54, 1.807) is 7.11 Å². The minimum Gasteiger partial charge on any atom is -0.496 e. The van der Waals surface area contributed by atoms with Crippen LogP contribution < -0.4 is 10.1 Å². The highest BCUT2D eigenvalue weighted by molar-refractivity contribution is 5.48. The van der Waals surface area contributed by atoms with Gasteiger partial charge >= 0.3 is 0 Å². The van der Waals surface area contributed by atoms with Gasteiger partial charge < -0.3 is 10.1 Å². The minimum absolute atomic E-state index is 0.198. The van der Waals surface area contributed by atoms with Crippen molar-refractivity contribution in [2.75, 3.05) is 13.7 Å². The summed E-state index contributed by atoms with van der Waals surface area (Å²) in [5.41, 5.74) is 3.43. The van der Waals surface area contributed by atoms with E-state index >= 15 is 0 Å². The van der Waals surface area contributed by atoms with E-state index in [0.29, 0.717) is 11.5 Å². The lowest BCUT2D eigenvalue weighted by molar-refractivity contribution is 0.129. The van der Waals surface area contributed by atoms with Gasteiger partial charge in [-0.25, -0.2) is 0 Å². The molecule has 2 aliphatic rings. The van der Waals surface area contributed by atoms with Crippen LogP contribution in [-0.4, -0.2) is 19.7 Å². The highest BCUT2D eigenvalue weighted by atomic mass is 16.5. The summed E-state index contributed by atoms with van der Waals surface area (Å²) >= 11 is 0. The monoisotopic (exact) mass is 245 g/mol. The lowest BCUT2D eigenvalue weighted by atomic mass is 9.54. The first kappa shape index (κ1) is 12.0. The first-order valence-corrected chi connectivity index (χ1v) is 6.90. The zero-order valence-corrected chi connectivity index (χ0v) is 11.8. The Labute approximate surface area is 110 Å². The van der Waals surface area contributed by atoms with Crippen molar-refractivity contribution in [3.8, 4) is 5.75 Å². The van der Waals surface area contributed by atoms with Crippen LogP contribution in [0.15, 0.2) is 18.2 Å². The van der Waals surface area contributed by atoms with Crippen molar-refractivity contribution in [1.82, 2.24) is 5.32 Å². The number of fused-ring (bicyclic) bond motifs is 2. The second-order valence-electron chi connectivity index (χ2n) is 6.49. The first-order chi connectivity index (χ1) is 8.50. The maximum atomic E-state index is 5.56. The van der Waals surface area contributed by atoms with Crippen molar-refractivity contribution in [2.24, 2.45) is 5.41 Å². The molecule has 1 heterocycles. The molecular formula is C16H23NO. The summed E-state index contributed by atoms with van der Waals surface area (Å²) in [6, 6.07) is 7.09. The summed E-state index contributed by atoms with van der Waals surface area (Å²) in [6.07, 6.45) is 2.36. The summed E-state index contributed by atoms with van der Waals surface area (Å²) < 4.78 is 5.56. The molecule has 1 aliphatic heterocycles. The maximum Gasteiger partial charge on any atom is 0.122 e. The van der Waals surface area contributed by atoms with E-state index < -0.39 is 0 Å². The molecule has 1 saturated heterocycles. The Hall–Kier alpha value is -1.02. The largest absolute Gasteiger partial charge is 0.496 e. The molecule has 0 bridgehead atoms. The van der Waals surface area contributed by atoms with Crippen LogP contribution in [0.3, 0.4) is 0 Å². The van der Waals surface area contributed by atoms with Crippen LogP contribution in [0, 0.1) is 5.41 Å². The summed E-state index contributed by atoms with van der Waals surface area (Å²) in [7, 11) is 1.78. The molecule has 2 nitrogen and oxygen atoms in total. The molecule has 0 amide bonds. The Morgan fingerprint density at radius 2 is 2.06 bits per heavy atom. The van der Waals surface area contributed by atoms with Crippen molar-refractivity contribution in [1.29, 1.82) is 0 Å². The summed E-state index contributed by atoms with van der Waals surface area (Å²) in [4.78, 5) is 0. The topological polar surface area (TPSA) is 21.3 Å². The van der Waals surface area contributed by atoms with E-state index in [1.807, 2.05) is 0 Å². The molecule has 2 heteroatoms. The van der Waals surface area contributed by atoms with E-state index in [9.17, 15) is 0 Å². The zero-order chi connectivity index (χ0) is 13.0. The van der Waals surface area contributed by atoms with Gasteiger partial charge in [0.05, 0.1) is 7.11 Å². The summed E-state index contributed by atoms with van der Waals surface area (Å²) in [6.45, 7) is 8.37. The van der Waals surface area contributed by atoms with Crippen molar-refractivity contribution in [3.05, 3.63) is 29.3 Å². The van der Waals surface area contributed by atoms with Gasteiger partial charge in [-0.2, -0.15) is 0 Å². The molecular weight excluding hydrogens is 222 g/mol. The zero-order valence-electron chi connectivity index (χ0n) is 11.8. The van der Waals surface area contributed by atoms with Crippen LogP contribution in [0.4, 0.5) is 0 Å². The van der Waals surface area contributed by atoms with Gasteiger partial charge in [-0.15, -0.1) is 0 Å². The third-order valence-corrected chi connectivity index (χ3v) is 5.67. The van der Waals surface area contributed by atoms with E-state index in [4.69, 9.17) is 4.74 Å². The fourth-order valence-corrected chi connectivity index (χ4v) is 4.02. The quantitative estimate of drug-likeness (QED) is 0.821. The average molecular weight is 245 g/mol. The lowest BCUT2D eigenvalue weighted by Crippen LogP contribution is -2.52. The second-order valence-corrected chi connectivity index (χ2v) is 6.49. The summed E-state index contributed by atoms with van der Waals surface area (Å²) in [5.74, 6) is 1.05. The molecule has 18 heavy (non-hydrogen) atoms. The van der Waals surface area contributed by atoms with Crippen molar-refractivity contribution >= 4 is 0 Å². The molecule has 3 rings (SSSR count). The number of ether oxygens (including phenoxy) is 1. The number of hydrogen-bond acceptors (Lipinski definition) is 2. The molecule has 1 fully saturated rings. The van der Waals surface area contributed by atoms with Crippen LogP contribution >= 0.6 is 0 Å². The Bertz CT molecular complexity index is 480.